The van der Waals surface area contributed by atoms with Gasteiger partial charge in [0, 0.05) is 11.6 Å². The number of ether oxygens (including phenoxy) is 1. The van der Waals surface area contributed by atoms with Crippen LogP contribution in [0.25, 0.3) is 0 Å². The van der Waals surface area contributed by atoms with Crippen LogP contribution in [0.4, 0.5) is 0 Å². The summed E-state index contributed by atoms with van der Waals surface area (Å²) in [6.07, 6.45) is 0.786. The largest absolute Gasteiger partial charge is 0.497 e. The maximum atomic E-state index is 8.86. The van der Waals surface area contributed by atoms with E-state index in [2.05, 4.69) is 11.4 Å². The second-order valence-corrected chi connectivity index (χ2v) is 4.78. The van der Waals surface area contributed by atoms with E-state index in [9.17, 15) is 0 Å². The fourth-order valence-corrected chi connectivity index (χ4v) is 1.67. The Labute approximate surface area is 107 Å². The Morgan fingerprint density at radius 2 is 2.18 bits per heavy atom. The van der Waals surface area contributed by atoms with Gasteiger partial charge in [0.15, 0.2) is 0 Å². The van der Waals surface area contributed by atoms with Crippen molar-refractivity contribution in [1.29, 1.82) is 5.26 Å². The number of hydrogen-bond donors (Lipinski definition) is 1. The van der Waals surface area contributed by atoms with Crippen LogP contribution in [0.1, 0.15) is 19.4 Å². The Bertz CT molecular complexity index is 424. The number of hydrogen-bond acceptors (Lipinski definition) is 3. The molecule has 17 heavy (non-hydrogen) atoms. The number of rotatable bonds is 5. The van der Waals surface area contributed by atoms with E-state index < -0.39 is 5.54 Å². The first-order valence-electron chi connectivity index (χ1n) is 5.47. The fraction of sp³-hybridized carbons (Fsp3) is 0.462. The van der Waals surface area contributed by atoms with E-state index in [-0.39, 0.29) is 0 Å². The zero-order valence-corrected chi connectivity index (χ0v) is 11.1. The van der Waals surface area contributed by atoms with E-state index in [1.165, 1.54) is 0 Å². The highest BCUT2D eigenvalue weighted by atomic mass is 35.5. The molecule has 1 rings (SSSR count). The van der Waals surface area contributed by atoms with Crippen molar-refractivity contribution < 1.29 is 4.74 Å². The lowest BCUT2D eigenvalue weighted by atomic mass is 10.1. The Kier molecular flexibility index (Phi) is 4.80. The van der Waals surface area contributed by atoms with Gasteiger partial charge in [0.25, 0.3) is 0 Å². The molecule has 1 N–H and O–H groups in total. The summed E-state index contributed by atoms with van der Waals surface area (Å²) >= 11 is 6.12. The van der Waals surface area contributed by atoms with E-state index in [1.807, 2.05) is 26.0 Å². The maximum absolute atomic E-state index is 8.86. The van der Waals surface area contributed by atoms with E-state index in [4.69, 9.17) is 21.6 Å². The fourth-order valence-electron chi connectivity index (χ4n) is 1.41. The lowest BCUT2D eigenvalue weighted by Gasteiger charge is -2.17. The monoisotopic (exact) mass is 252 g/mol. The number of methoxy groups -OCH3 is 1. The molecule has 0 saturated heterocycles. The van der Waals surface area contributed by atoms with Crippen LogP contribution in [-0.2, 0) is 6.42 Å². The van der Waals surface area contributed by atoms with Gasteiger partial charge in [0.2, 0.25) is 0 Å². The zero-order valence-electron chi connectivity index (χ0n) is 10.4. The van der Waals surface area contributed by atoms with Gasteiger partial charge in [0.05, 0.1) is 13.2 Å². The quantitative estimate of drug-likeness (QED) is 0.877. The zero-order chi connectivity index (χ0) is 12.9. The van der Waals surface area contributed by atoms with Gasteiger partial charge in [-0.1, -0.05) is 17.7 Å². The average molecular weight is 253 g/mol. The van der Waals surface area contributed by atoms with Gasteiger partial charge in [-0.15, -0.1) is 0 Å². The van der Waals surface area contributed by atoms with Crippen LogP contribution in [0, 0.1) is 11.3 Å². The summed E-state index contributed by atoms with van der Waals surface area (Å²) in [5.74, 6) is 0.754. The lowest BCUT2D eigenvalue weighted by molar-refractivity contribution is 0.414. The normalized spacial score (nSPS) is 11.0. The molecule has 1 aromatic carbocycles. The van der Waals surface area contributed by atoms with Crippen LogP contribution in [-0.4, -0.2) is 19.2 Å². The topological polar surface area (TPSA) is 45.0 Å². The minimum absolute atomic E-state index is 0.501. The molecule has 0 spiro atoms. The summed E-state index contributed by atoms with van der Waals surface area (Å²) in [5, 5.41) is 12.7. The Hall–Kier alpha value is -1.24. The van der Waals surface area contributed by atoms with Crippen LogP contribution in [0.5, 0.6) is 5.75 Å². The van der Waals surface area contributed by atoms with Crippen molar-refractivity contribution in [3.8, 4) is 11.8 Å². The molecular weight excluding hydrogens is 236 g/mol. The smallest absolute Gasteiger partial charge is 0.120 e. The third kappa shape index (κ3) is 4.26. The molecule has 1 aromatic rings. The molecule has 0 heterocycles. The standard InChI is InChI=1S/C13H17ClN2O/c1-13(2,9-15)16-7-6-10-4-5-11(17-3)8-12(10)14/h4-5,8,16H,6-7H2,1-3H3. The summed E-state index contributed by atoms with van der Waals surface area (Å²) in [6.45, 7) is 4.41. The summed E-state index contributed by atoms with van der Waals surface area (Å²) < 4.78 is 5.08. The third-order valence-corrected chi connectivity index (χ3v) is 2.85. The van der Waals surface area contributed by atoms with Crippen molar-refractivity contribution in [1.82, 2.24) is 5.32 Å². The molecular formula is C13H17ClN2O. The van der Waals surface area contributed by atoms with Crippen LogP contribution in [0.3, 0.4) is 0 Å². The summed E-state index contributed by atoms with van der Waals surface area (Å²) in [5.41, 5.74) is 0.549. The summed E-state index contributed by atoms with van der Waals surface area (Å²) in [7, 11) is 1.61. The second kappa shape index (κ2) is 5.90. The first-order valence-corrected chi connectivity index (χ1v) is 5.85. The van der Waals surface area contributed by atoms with E-state index in [0.29, 0.717) is 11.6 Å². The summed E-state index contributed by atoms with van der Waals surface area (Å²) in [4.78, 5) is 0. The van der Waals surface area contributed by atoms with E-state index in [0.717, 1.165) is 17.7 Å². The van der Waals surface area contributed by atoms with Crippen molar-refractivity contribution >= 4 is 11.6 Å². The van der Waals surface area contributed by atoms with Crippen molar-refractivity contribution in [3.63, 3.8) is 0 Å². The average Bonchev–Trinajstić information content (AvgIpc) is 2.31. The van der Waals surface area contributed by atoms with E-state index in [1.54, 1.807) is 13.2 Å². The van der Waals surface area contributed by atoms with Gasteiger partial charge in [-0.3, -0.25) is 5.32 Å². The second-order valence-electron chi connectivity index (χ2n) is 4.37. The lowest BCUT2D eigenvalue weighted by Crippen LogP contribution is -2.38. The molecule has 0 fully saturated rings. The number of nitrogens with zero attached hydrogens (tertiary/aromatic N) is 1. The van der Waals surface area contributed by atoms with Gasteiger partial charge < -0.3 is 4.74 Å². The molecule has 3 nitrogen and oxygen atoms in total. The number of nitrogens with one attached hydrogen (secondary N) is 1. The van der Waals surface area contributed by atoms with Gasteiger partial charge in [-0.25, -0.2) is 0 Å². The predicted molar refractivity (Wildman–Crippen MR) is 69.4 cm³/mol. The van der Waals surface area contributed by atoms with Gasteiger partial charge in [-0.05, 0) is 38.0 Å². The van der Waals surface area contributed by atoms with Crippen LogP contribution in [0.15, 0.2) is 18.2 Å². The first kappa shape index (κ1) is 13.8. The van der Waals surface area contributed by atoms with Gasteiger partial charge in [-0.2, -0.15) is 5.26 Å². The molecule has 4 heteroatoms. The minimum Gasteiger partial charge on any atom is -0.497 e. The van der Waals surface area contributed by atoms with Crippen molar-refractivity contribution in [2.24, 2.45) is 0 Å². The van der Waals surface area contributed by atoms with Crippen LogP contribution < -0.4 is 10.1 Å². The highest BCUT2D eigenvalue weighted by Crippen LogP contribution is 2.22. The van der Waals surface area contributed by atoms with E-state index >= 15 is 0 Å². The highest BCUT2D eigenvalue weighted by molar-refractivity contribution is 6.31. The highest BCUT2D eigenvalue weighted by Gasteiger charge is 2.14. The molecule has 0 aliphatic heterocycles. The SMILES string of the molecule is COc1ccc(CCNC(C)(C)C#N)c(Cl)c1. The third-order valence-electron chi connectivity index (χ3n) is 2.50. The molecule has 0 unspecified atom stereocenters. The first-order chi connectivity index (χ1) is 7.98. The number of benzene rings is 1. The predicted octanol–water partition coefficient (Wildman–Crippen LogP) is 2.78. The van der Waals surface area contributed by atoms with Crippen molar-refractivity contribution in [3.05, 3.63) is 28.8 Å². The minimum atomic E-state index is -0.501. The van der Waals surface area contributed by atoms with Crippen LogP contribution >= 0.6 is 11.6 Å². The van der Waals surface area contributed by atoms with Gasteiger partial charge >= 0.3 is 0 Å². The molecule has 0 aromatic heterocycles. The Morgan fingerprint density at radius 3 is 2.71 bits per heavy atom. The summed E-state index contributed by atoms with van der Waals surface area (Å²) in [6, 6.07) is 7.83. The molecule has 0 saturated carbocycles. The van der Waals surface area contributed by atoms with Crippen molar-refractivity contribution in [2.45, 2.75) is 25.8 Å². The molecule has 0 aliphatic rings. The van der Waals surface area contributed by atoms with Gasteiger partial charge in [0.1, 0.15) is 11.3 Å². The Morgan fingerprint density at radius 1 is 1.47 bits per heavy atom. The molecule has 0 amide bonds. The number of nitriles is 1. The number of halogens is 1. The molecule has 0 radical (unpaired) electrons. The molecule has 0 bridgehead atoms. The van der Waals surface area contributed by atoms with Crippen molar-refractivity contribution in [2.75, 3.05) is 13.7 Å². The molecule has 92 valence electrons. The molecule has 0 aliphatic carbocycles. The molecule has 0 atom stereocenters. The maximum Gasteiger partial charge on any atom is 0.120 e. The Balaban J connectivity index is 2.56. The van der Waals surface area contributed by atoms with Crippen LogP contribution in [0.2, 0.25) is 5.02 Å².